The van der Waals surface area contributed by atoms with Crippen LogP contribution in [0.4, 0.5) is 0 Å². The highest BCUT2D eigenvalue weighted by Crippen LogP contribution is 2.75. The van der Waals surface area contributed by atoms with E-state index in [2.05, 4.69) is 54.5 Å². The van der Waals surface area contributed by atoms with E-state index in [9.17, 15) is 25.5 Å². The van der Waals surface area contributed by atoms with Gasteiger partial charge in [0.25, 0.3) is 0 Å². The third kappa shape index (κ3) is 3.05. The number of aliphatic hydroxyl groups excluding tert-OH is 5. The lowest BCUT2D eigenvalue weighted by molar-refractivity contribution is -0.277. The van der Waals surface area contributed by atoms with E-state index in [1.165, 1.54) is 0 Å². The third-order valence-corrected chi connectivity index (χ3v) is 13.3. The Morgan fingerprint density at radius 1 is 0.829 bits per heavy atom. The van der Waals surface area contributed by atoms with Crippen molar-refractivity contribution in [2.24, 2.45) is 50.2 Å². The van der Waals surface area contributed by atoms with Gasteiger partial charge in [-0.2, -0.15) is 0 Å². The molecular formula is C30H50O5. The van der Waals surface area contributed by atoms with Crippen molar-refractivity contribution in [3.63, 3.8) is 0 Å². The smallest absolute Gasteiger partial charge is 0.0763 e. The molecule has 0 aliphatic heterocycles. The minimum absolute atomic E-state index is 0.0780. The Bertz CT molecular complexity index is 914. The number of hydrogen-bond acceptors (Lipinski definition) is 5. The average molecular weight is 491 g/mol. The molecule has 0 saturated heterocycles. The van der Waals surface area contributed by atoms with Crippen molar-refractivity contribution in [1.29, 1.82) is 0 Å². The Kier molecular flexibility index (Phi) is 5.65. The summed E-state index contributed by atoms with van der Waals surface area (Å²) in [5.41, 5.74) is -1.10. The van der Waals surface area contributed by atoms with Crippen molar-refractivity contribution in [2.45, 2.75) is 118 Å². The van der Waals surface area contributed by atoms with Crippen molar-refractivity contribution in [2.75, 3.05) is 6.61 Å². The molecule has 5 rings (SSSR count). The minimum Gasteiger partial charge on any atom is -0.396 e. The van der Waals surface area contributed by atoms with Crippen LogP contribution < -0.4 is 0 Å². The maximum Gasteiger partial charge on any atom is 0.0763 e. The van der Waals surface area contributed by atoms with E-state index in [0.717, 1.165) is 31.3 Å². The van der Waals surface area contributed by atoms with E-state index >= 15 is 0 Å². The van der Waals surface area contributed by atoms with Crippen LogP contribution in [-0.4, -0.2) is 56.6 Å². The largest absolute Gasteiger partial charge is 0.396 e. The molecule has 5 aliphatic rings. The molecule has 12 atom stereocenters. The van der Waals surface area contributed by atoms with Gasteiger partial charge in [0.05, 0.1) is 24.4 Å². The number of hydrogen-bond donors (Lipinski definition) is 5. The van der Waals surface area contributed by atoms with Gasteiger partial charge in [-0.15, -0.1) is 0 Å². The summed E-state index contributed by atoms with van der Waals surface area (Å²) in [6.45, 7) is 15.4. The lowest BCUT2D eigenvalue weighted by atomic mass is 9.32. The topological polar surface area (TPSA) is 101 Å². The zero-order chi connectivity index (χ0) is 26.0. The highest BCUT2D eigenvalue weighted by atomic mass is 16.3. The van der Waals surface area contributed by atoms with Crippen LogP contribution in [0.2, 0.25) is 0 Å². The molecule has 5 aliphatic carbocycles. The molecule has 0 aromatic rings. The molecule has 200 valence electrons. The van der Waals surface area contributed by atoms with Crippen molar-refractivity contribution in [1.82, 2.24) is 0 Å². The van der Waals surface area contributed by atoms with Gasteiger partial charge >= 0.3 is 0 Å². The molecule has 4 fully saturated rings. The molecule has 0 unspecified atom stereocenters. The van der Waals surface area contributed by atoms with E-state index < -0.39 is 35.2 Å². The van der Waals surface area contributed by atoms with Crippen LogP contribution in [0.15, 0.2) is 11.6 Å². The molecule has 0 aromatic carbocycles. The van der Waals surface area contributed by atoms with Crippen molar-refractivity contribution in [3.8, 4) is 0 Å². The lowest BCUT2D eigenvalue weighted by Crippen LogP contribution is -2.73. The maximum atomic E-state index is 12.0. The SMILES string of the molecule is CC1(C)[C@@H](O)CC[C@]2(C)[C@H]3[C@H](O)C=C4[C@@H]5C[C@@](C)(CO)CC[C@]5(C)C[C@H](O)[C@@]4(C)[C@]3(C)[C@@H](O)C[C@@H]12. The molecule has 4 saturated carbocycles. The fourth-order valence-electron chi connectivity index (χ4n) is 10.7. The minimum atomic E-state index is -0.714. The van der Waals surface area contributed by atoms with Crippen molar-refractivity contribution >= 4 is 0 Å². The summed E-state index contributed by atoms with van der Waals surface area (Å²) in [6.07, 6.45) is 5.14. The molecule has 0 bridgehead atoms. The van der Waals surface area contributed by atoms with Crippen LogP contribution in [0, 0.1) is 50.2 Å². The quantitative estimate of drug-likeness (QED) is 0.357. The van der Waals surface area contributed by atoms with E-state index in [1.54, 1.807) is 0 Å². The second-order valence-electron chi connectivity index (χ2n) is 15.4. The first kappa shape index (κ1) is 26.2. The summed E-state index contributed by atoms with van der Waals surface area (Å²) in [5, 5.41) is 57.0. The summed E-state index contributed by atoms with van der Waals surface area (Å²) >= 11 is 0. The van der Waals surface area contributed by atoms with Crippen molar-refractivity contribution < 1.29 is 25.5 Å². The predicted octanol–water partition coefficient (Wildman–Crippen LogP) is 4.05. The van der Waals surface area contributed by atoms with Gasteiger partial charge in [0.1, 0.15) is 0 Å². The first-order valence-corrected chi connectivity index (χ1v) is 14.1. The van der Waals surface area contributed by atoms with Crippen LogP contribution in [0.3, 0.4) is 0 Å². The predicted molar refractivity (Wildman–Crippen MR) is 136 cm³/mol. The summed E-state index contributed by atoms with van der Waals surface area (Å²) in [5.74, 6) is 0.0334. The molecule has 0 heterocycles. The summed E-state index contributed by atoms with van der Waals surface area (Å²) < 4.78 is 0. The number of fused-ring (bicyclic) bond motifs is 7. The van der Waals surface area contributed by atoms with Crippen LogP contribution in [0.25, 0.3) is 0 Å². The second kappa shape index (κ2) is 7.56. The average Bonchev–Trinajstić information content (AvgIpc) is 2.77. The van der Waals surface area contributed by atoms with Gasteiger partial charge in [-0.25, -0.2) is 0 Å². The first-order valence-electron chi connectivity index (χ1n) is 14.1. The molecule has 0 amide bonds. The summed E-state index contributed by atoms with van der Waals surface area (Å²) in [4.78, 5) is 0. The Hall–Kier alpha value is -0.460. The first-order chi connectivity index (χ1) is 16.0. The van der Waals surface area contributed by atoms with E-state index in [0.29, 0.717) is 19.3 Å². The van der Waals surface area contributed by atoms with Crippen LogP contribution in [-0.2, 0) is 0 Å². The zero-order valence-corrected chi connectivity index (χ0v) is 23.0. The van der Waals surface area contributed by atoms with E-state index in [-0.39, 0.29) is 46.0 Å². The normalized spacial score (nSPS) is 59.4. The standard InChI is InChI=1S/C30H50O5/c1-25(2)20-13-22(34)30(7)24(28(20,5)9-8-21(25)33)19(32)12-17-18-14-26(3,16-31)10-11-27(18,4)15-23(35)29(17,30)6/h12,18-24,31-35H,8-11,13-16H2,1-7H3/t18-,19+,20-,21-,22-,23-,24+,26-,27+,28-,29-,30+/m0/s1. The van der Waals surface area contributed by atoms with Gasteiger partial charge in [-0.05, 0) is 78.4 Å². The van der Waals surface area contributed by atoms with Gasteiger partial charge in [0.15, 0.2) is 0 Å². The maximum absolute atomic E-state index is 12.0. The highest BCUT2D eigenvalue weighted by Gasteiger charge is 2.74. The monoisotopic (exact) mass is 490 g/mol. The van der Waals surface area contributed by atoms with Gasteiger partial charge in [0, 0.05) is 23.4 Å². The van der Waals surface area contributed by atoms with E-state index in [1.807, 2.05) is 0 Å². The Balaban J connectivity index is 1.68. The highest BCUT2D eigenvalue weighted by molar-refractivity contribution is 5.38. The number of aliphatic hydroxyl groups is 5. The fraction of sp³-hybridized carbons (Fsp3) is 0.933. The van der Waals surface area contributed by atoms with Crippen molar-refractivity contribution in [3.05, 3.63) is 11.6 Å². The van der Waals surface area contributed by atoms with Gasteiger partial charge in [0.2, 0.25) is 0 Å². The molecule has 5 nitrogen and oxygen atoms in total. The summed E-state index contributed by atoms with van der Waals surface area (Å²) in [7, 11) is 0. The Morgan fingerprint density at radius 2 is 1.49 bits per heavy atom. The Labute approximate surface area is 212 Å². The lowest BCUT2D eigenvalue weighted by Gasteiger charge is -2.73. The fourth-order valence-corrected chi connectivity index (χ4v) is 10.7. The number of rotatable bonds is 1. The van der Waals surface area contributed by atoms with Gasteiger partial charge < -0.3 is 25.5 Å². The van der Waals surface area contributed by atoms with Crippen LogP contribution in [0.5, 0.6) is 0 Å². The van der Waals surface area contributed by atoms with Crippen LogP contribution in [0.1, 0.15) is 93.4 Å². The van der Waals surface area contributed by atoms with Gasteiger partial charge in [-0.1, -0.05) is 60.1 Å². The molecule has 5 N–H and O–H groups in total. The molecule has 0 aromatic heterocycles. The second-order valence-corrected chi connectivity index (χ2v) is 15.4. The van der Waals surface area contributed by atoms with Gasteiger partial charge in [-0.3, -0.25) is 0 Å². The molecule has 35 heavy (non-hydrogen) atoms. The van der Waals surface area contributed by atoms with E-state index in [4.69, 9.17) is 0 Å². The molecular weight excluding hydrogens is 440 g/mol. The van der Waals surface area contributed by atoms with Crippen LogP contribution >= 0.6 is 0 Å². The molecule has 0 spiro atoms. The zero-order valence-electron chi connectivity index (χ0n) is 23.0. The Morgan fingerprint density at radius 3 is 2.11 bits per heavy atom. The molecule has 0 radical (unpaired) electrons. The third-order valence-electron chi connectivity index (χ3n) is 13.3. The molecule has 5 heteroatoms. The summed E-state index contributed by atoms with van der Waals surface area (Å²) in [6, 6.07) is 0.